The summed E-state index contributed by atoms with van der Waals surface area (Å²) in [5.41, 5.74) is 0. The number of esters is 1. The van der Waals surface area contributed by atoms with Crippen LogP contribution in [0.3, 0.4) is 0 Å². The number of amides is 1. The SMILES string of the molecule is CC/C=C/CC/C=C/CC/C=C/C(O)C(COC1OC(CO)C(O)C(O)C1O)NC(=O)CCCCCCCCCCCCC/C=C\C/C=C\CCCCCCCCCCCOC(=O)CCCCCCC/C=C\C/C=C\CCCC. The zero-order valence-corrected chi connectivity index (χ0v) is 50.3. The van der Waals surface area contributed by atoms with Crippen molar-refractivity contribution in [3.63, 3.8) is 0 Å². The van der Waals surface area contributed by atoms with Gasteiger partial charge in [0.05, 0.1) is 32.0 Å². The quantitative estimate of drug-likeness (QED) is 0.0195. The number of hydrogen-bond donors (Lipinski definition) is 6. The number of allylic oxidation sites excluding steroid dienone is 13. The van der Waals surface area contributed by atoms with E-state index in [0.717, 1.165) is 103 Å². The minimum atomic E-state index is -1.58. The third kappa shape index (κ3) is 46.1. The highest BCUT2D eigenvalue weighted by molar-refractivity contribution is 5.76. The molecule has 7 unspecified atom stereocenters. The zero-order chi connectivity index (χ0) is 57.3. The molecule has 1 aliphatic heterocycles. The zero-order valence-electron chi connectivity index (χ0n) is 50.3. The van der Waals surface area contributed by atoms with Gasteiger partial charge in [0.2, 0.25) is 5.91 Å². The molecular weight excluding hydrogens is 991 g/mol. The molecule has 79 heavy (non-hydrogen) atoms. The minimum absolute atomic E-state index is 0.0153. The van der Waals surface area contributed by atoms with Gasteiger partial charge in [0.15, 0.2) is 6.29 Å². The maximum Gasteiger partial charge on any atom is 0.305 e. The molecule has 1 heterocycles. The summed E-state index contributed by atoms with van der Waals surface area (Å²) in [5, 5.41) is 54.2. The van der Waals surface area contributed by atoms with Gasteiger partial charge in [-0.05, 0) is 109 Å². The van der Waals surface area contributed by atoms with Crippen molar-refractivity contribution in [1.29, 1.82) is 0 Å². The van der Waals surface area contributed by atoms with Crippen LogP contribution in [0.2, 0.25) is 0 Å². The second-order valence-corrected chi connectivity index (χ2v) is 22.1. The Morgan fingerprint density at radius 1 is 0.481 bits per heavy atom. The molecular formula is C68H119NO10. The largest absolute Gasteiger partial charge is 0.466 e. The van der Waals surface area contributed by atoms with E-state index in [9.17, 15) is 35.1 Å². The topological polar surface area (TPSA) is 175 Å². The van der Waals surface area contributed by atoms with E-state index in [1.54, 1.807) is 6.08 Å². The molecule has 11 heteroatoms. The molecule has 0 saturated carbocycles. The fraction of sp³-hybridized carbons (Fsp3) is 0.765. The molecule has 0 spiro atoms. The average Bonchev–Trinajstić information content (AvgIpc) is 3.46. The highest BCUT2D eigenvalue weighted by Crippen LogP contribution is 2.23. The molecule has 7 atom stereocenters. The Labute approximate surface area is 483 Å². The minimum Gasteiger partial charge on any atom is -0.466 e. The molecule has 1 rings (SSSR count). The molecule has 456 valence electrons. The van der Waals surface area contributed by atoms with Crippen LogP contribution >= 0.6 is 0 Å². The van der Waals surface area contributed by atoms with E-state index in [4.69, 9.17) is 14.2 Å². The maximum atomic E-state index is 13.0. The van der Waals surface area contributed by atoms with E-state index in [0.29, 0.717) is 19.4 Å². The smallest absolute Gasteiger partial charge is 0.305 e. The predicted molar refractivity (Wildman–Crippen MR) is 329 cm³/mol. The number of hydrogen-bond acceptors (Lipinski definition) is 10. The number of rotatable bonds is 55. The van der Waals surface area contributed by atoms with Gasteiger partial charge in [0.1, 0.15) is 24.4 Å². The lowest BCUT2D eigenvalue weighted by Crippen LogP contribution is -2.60. The number of carbonyl (C=O) groups excluding carboxylic acids is 2. The Morgan fingerprint density at radius 2 is 0.899 bits per heavy atom. The number of aliphatic hydroxyl groups is 5. The average molecular weight is 1110 g/mol. The van der Waals surface area contributed by atoms with Gasteiger partial charge in [0.25, 0.3) is 0 Å². The third-order valence-electron chi connectivity index (χ3n) is 14.7. The van der Waals surface area contributed by atoms with Crippen molar-refractivity contribution >= 4 is 11.9 Å². The molecule has 1 fully saturated rings. The van der Waals surface area contributed by atoms with Crippen LogP contribution in [0, 0.1) is 0 Å². The van der Waals surface area contributed by atoms with Gasteiger partial charge in [-0.1, -0.05) is 234 Å². The van der Waals surface area contributed by atoms with Crippen molar-refractivity contribution in [3.8, 4) is 0 Å². The van der Waals surface area contributed by atoms with E-state index in [2.05, 4.69) is 92.1 Å². The first kappa shape index (κ1) is 73.9. The lowest BCUT2D eigenvalue weighted by molar-refractivity contribution is -0.302. The molecule has 1 amide bonds. The van der Waals surface area contributed by atoms with Gasteiger partial charge in [-0.15, -0.1) is 0 Å². The fourth-order valence-corrected chi connectivity index (χ4v) is 9.58. The van der Waals surface area contributed by atoms with Crippen LogP contribution in [-0.4, -0.2) is 100 Å². The second kappa shape index (κ2) is 56.7. The van der Waals surface area contributed by atoms with Gasteiger partial charge in [-0.25, -0.2) is 0 Å². The fourth-order valence-electron chi connectivity index (χ4n) is 9.58. The number of carbonyl (C=O) groups is 2. The summed E-state index contributed by atoms with van der Waals surface area (Å²) in [5.74, 6) is -0.219. The molecule has 0 aromatic rings. The predicted octanol–water partition coefficient (Wildman–Crippen LogP) is 15.7. The summed E-state index contributed by atoms with van der Waals surface area (Å²) in [6, 6.07) is -0.838. The Morgan fingerprint density at radius 3 is 1.38 bits per heavy atom. The Balaban J connectivity index is 2.00. The first-order valence-electron chi connectivity index (χ1n) is 32.4. The molecule has 0 aromatic carbocycles. The van der Waals surface area contributed by atoms with Crippen molar-refractivity contribution in [2.45, 2.75) is 314 Å². The van der Waals surface area contributed by atoms with Crippen LogP contribution in [-0.2, 0) is 23.8 Å². The summed E-state index contributed by atoms with van der Waals surface area (Å²) >= 11 is 0. The van der Waals surface area contributed by atoms with Crippen LogP contribution in [0.4, 0.5) is 0 Å². The first-order chi connectivity index (χ1) is 38.7. The van der Waals surface area contributed by atoms with Crippen molar-refractivity contribution in [2.24, 2.45) is 0 Å². The van der Waals surface area contributed by atoms with Crippen LogP contribution < -0.4 is 5.32 Å². The highest BCUT2D eigenvalue weighted by Gasteiger charge is 2.44. The van der Waals surface area contributed by atoms with Crippen molar-refractivity contribution in [2.75, 3.05) is 19.8 Å². The van der Waals surface area contributed by atoms with E-state index in [-0.39, 0.29) is 18.5 Å². The van der Waals surface area contributed by atoms with E-state index in [1.807, 2.05) is 6.08 Å². The van der Waals surface area contributed by atoms with Crippen molar-refractivity contribution in [3.05, 3.63) is 85.1 Å². The van der Waals surface area contributed by atoms with Crippen molar-refractivity contribution in [1.82, 2.24) is 5.32 Å². The van der Waals surface area contributed by atoms with Gasteiger partial charge < -0.3 is 45.1 Å². The number of ether oxygens (including phenoxy) is 3. The van der Waals surface area contributed by atoms with Gasteiger partial charge in [0, 0.05) is 12.8 Å². The molecule has 6 N–H and O–H groups in total. The van der Waals surface area contributed by atoms with Gasteiger partial charge in [-0.2, -0.15) is 0 Å². The van der Waals surface area contributed by atoms with Crippen LogP contribution in [0.1, 0.15) is 271 Å². The Hall–Kier alpha value is -3.16. The molecule has 0 aromatic heterocycles. The highest BCUT2D eigenvalue weighted by atomic mass is 16.7. The van der Waals surface area contributed by atoms with E-state index in [1.165, 1.54) is 141 Å². The summed E-state index contributed by atoms with van der Waals surface area (Å²) in [6.07, 6.45) is 67.1. The summed E-state index contributed by atoms with van der Waals surface area (Å²) in [6.45, 7) is 4.14. The monoisotopic (exact) mass is 1110 g/mol. The van der Waals surface area contributed by atoms with Gasteiger partial charge in [-0.3, -0.25) is 9.59 Å². The van der Waals surface area contributed by atoms with Crippen LogP contribution in [0.25, 0.3) is 0 Å². The lowest BCUT2D eigenvalue weighted by atomic mass is 9.99. The standard InChI is InChI=1S/C68H119NO10/c1-3-5-7-9-11-13-15-16-33-36-40-44-48-52-56-64(73)77-57-53-49-45-41-37-34-31-29-27-25-23-21-19-17-18-20-22-24-26-28-30-32-35-39-43-47-51-55-63(72)69-60(59-78-68-67(76)66(75)65(74)62(58-70)79-68)61(71)54-50-46-42-38-14-12-10-8-6-4-2/h6,8-9,11,14-18,21,23,38,50,54,60-62,65-68,70-71,74-76H,3-5,7,10,12-13,19-20,22,24-37,39-49,51-53,55-59H2,1-2H3,(H,69,72)/b8-6+,11-9-,16-15-,18-17-,23-21-,38-14+,54-50+. The summed E-state index contributed by atoms with van der Waals surface area (Å²) < 4.78 is 16.7. The summed E-state index contributed by atoms with van der Waals surface area (Å²) in [4.78, 5) is 25.1. The Kier molecular flexibility index (Phi) is 53.0. The second-order valence-electron chi connectivity index (χ2n) is 22.1. The summed E-state index contributed by atoms with van der Waals surface area (Å²) in [7, 11) is 0. The maximum absolute atomic E-state index is 13.0. The molecule has 11 nitrogen and oxygen atoms in total. The third-order valence-corrected chi connectivity index (χ3v) is 14.7. The van der Waals surface area contributed by atoms with E-state index < -0.39 is 49.5 Å². The van der Waals surface area contributed by atoms with Crippen LogP contribution in [0.5, 0.6) is 0 Å². The number of aliphatic hydroxyl groups excluding tert-OH is 5. The molecule has 0 aliphatic carbocycles. The van der Waals surface area contributed by atoms with Crippen LogP contribution in [0.15, 0.2) is 85.1 Å². The van der Waals surface area contributed by atoms with E-state index >= 15 is 0 Å². The molecule has 0 radical (unpaired) electrons. The van der Waals surface area contributed by atoms with Gasteiger partial charge >= 0.3 is 5.97 Å². The Bertz CT molecular complexity index is 1590. The first-order valence-corrected chi connectivity index (χ1v) is 32.4. The normalized spacial score (nSPS) is 19.0. The molecule has 1 saturated heterocycles. The van der Waals surface area contributed by atoms with Crippen molar-refractivity contribution < 1.29 is 49.3 Å². The lowest BCUT2D eigenvalue weighted by Gasteiger charge is -2.40. The molecule has 0 bridgehead atoms. The number of nitrogens with one attached hydrogen (secondary N) is 1. The molecule has 1 aliphatic rings. The number of unbranched alkanes of at least 4 members (excludes halogenated alkanes) is 29.